The first kappa shape index (κ1) is 20.6. The summed E-state index contributed by atoms with van der Waals surface area (Å²) in [5.41, 5.74) is 1.89. The number of aromatic nitrogens is 2. The standard InChI is InChI=1S/C18H26N2O4.CH3F/c1-13-11-20(16-8-7-15(12-21)24-16)18(22)19-17(13)23-10-9-14-5-3-2-4-6-14;1-2/h9,11,15-16,21H,2-8,10,12H2,1H3;1H3. The molecule has 6 nitrogen and oxygen atoms in total. The minimum atomic E-state index is -0.371. The summed E-state index contributed by atoms with van der Waals surface area (Å²) in [6, 6.07) is 0. The van der Waals surface area contributed by atoms with Crippen molar-refractivity contribution >= 4 is 0 Å². The zero-order valence-corrected chi connectivity index (χ0v) is 15.6. The first-order chi connectivity index (χ1) is 12.7. The molecule has 1 N–H and O–H groups in total. The number of halogens is 1. The number of aliphatic hydroxyl groups is 1. The van der Waals surface area contributed by atoms with Crippen LogP contribution in [-0.4, -0.2) is 41.2 Å². The topological polar surface area (TPSA) is 73.6 Å². The lowest BCUT2D eigenvalue weighted by atomic mass is 9.95. The van der Waals surface area contributed by atoms with Crippen molar-refractivity contribution in [3.63, 3.8) is 0 Å². The van der Waals surface area contributed by atoms with Crippen LogP contribution in [0.1, 0.15) is 56.7 Å². The predicted molar refractivity (Wildman–Crippen MR) is 97.2 cm³/mol. The van der Waals surface area contributed by atoms with Gasteiger partial charge in [-0.05, 0) is 51.5 Å². The summed E-state index contributed by atoms with van der Waals surface area (Å²) in [5.74, 6) is 0.389. The summed E-state index contributed by atoms with van der Waals surface area (Å²) in [6.07, 6.45) is 10.9. The van der Waals surface area contributed by atoms with Crippen molar-refractivity contribution in [3.8, 4) is 5.88 Å². The number of hydrogen-bond donors (Lipinski definition) is 1. The smallest absolute Gasteiger partial charge is 0.352 e. The number of nitrogens with zero attached hydrogens (tertiary/aromatic N) is 2. The first-order valence-electron chi connectivity index (χ1n) is 9.22. The van der Waals surface area contributed by atoms with E-state index in [0.29, 0.717) is 26.1 Å². The fourth-order valence-electron chi connectivity index (χ4n) is 3.38. The molecule has 0 radical (unpaired) electrons. The average Bonchev–Trinajstić information content (AvgIpc) is 3.16. The molecule has 1 saturated carbocycles. The number of hydrogen-bond acceptors (Lipinski definition) is 5. The molecule has 1 aromatic heterocycles. The maximum Gasteiger partial charge on any atom is 0.352 e. The monoisotopic (exact) mass is 368 g/mol. The maximum atomic E-state index is 12.3. The van der Waals surface area contributed by atoms with Gasteiger partial charge in [0, 0.05) is 11.8 Å². The van der Waals surface area contributed by atoms with Gasteiger partial charge < -0.3 is 14.6 Å². The number of ether oxygens (including phenoxy) is 2. The molecule has 2 heterocycles. The van der Waals surface area contributed by atoms with E-state index >= 15 is 0 Å². The minimum absolute atomic E-state index is 0.0203. The molecule has 1 aromatic rings. The second-order valence-corrected chi connectivity index (χ2v) is 6.63. The number of allylic oxidation sites excluding steroid dienone is 1. The third-order valence-corrected chi connectivity index (χ3v) is 4.78. The Kier molecular flexibility index (Phi) is 8.25. The Hall–Kier alpha value is -1.73. The van der Waals surface area contributed by atoms with Crippen LogP contribution in [0.5, 0.6) is 5.88 Å². The van der Waals surface area contributed by atoms with Gasteiger partial charge in [-0.2, -0.15) is 4.98 Å². The third-order valence-electron chi connectivity index (χ3n) is 4.78. The largest absolute Gasteiger partial charge is 0.473 e. The van der Waals surface area contributed by atoms with Crippen molar-refractivity contribution < 1.29 is 19.0 Å². The van der Waals surface area contributed by atoms with Crippen LogP contribution in [-0.2, 0) is 4.74 Å². The van der Waals surface area contributed by atoms with Crippen LogP contribution >= 0.6 is 0 Å². The van der Waals surface area contributed by atoms with Gasteiger partial charge in [-0.25, -0.2) is 4.79 Å². The Morgan fingerprint density at radius 2 is 2.08 bits per heavy atom. The molecule has 3 rings (SSSR count). The summed E-state index contributed by atoms with van der Waals surface area (Å²) in [4.78, 5) is 16.3. The van der Waals surface area contributed by atoms with Crippen LogP contribution in [0.4, 0.5) is 4.39 Å². The Morgan fingerprint density at radius 3 is 2.73 bits per heavy atom. The highest BCUT2D eigenvalue weighted by Gasteiger charge is 2.27. The van der Waals surface area contributed by atoms with Gasteiger partial charge in [0.1, 0.15) is 12.8 Å². The molecule has 0 bridgehead atoms. The fraction of sp³-hybridized carbons (Fsp3) is 0.684. The van der Waals surface area contributed by atoms with E-state index < -0.39 is 0 Å². The molecular formula is C19H29FN2O4. The Balaban J connectivity index is 0.00000117. The highest BCUT2D eigenvalue weighted by molar-refractivity contribution is 5.21. The normalized spacial score (nSPS) is 22.5. The lowest BCUT2D eigenvalue weighted by Gasteiger charge is -2.17. The van der Waals surface area contributed by atoms with E-state index in [1.54, 1.807) is 6.20 Å². The summed E-state index contributed by atoms with van der Waals surface area (Å²) < 4.78 is 22.4. The minimum Gasteiger partial charge on any atom is -0.473 e. The number of aliphatic hydroxyl groups excluding tert-OH is 1. The van der Waals surface area contributed by atoms with Crippen molar-refractivity contribution in [2.24, 2.45) is 0 Å². The molecule has 0 aromatic carbocycles. The molecule has 7 heteroatoms. The van der Waals surface area contributed by atoms with Crippen LogP contribution in [0.3, 0.4) is 0 Å². The van der Waals surface area contributed by atoms with Crippen molar-refractivity contribution in [3.05, 3.63) is 33.9 Å². The lowest BCUT2D eigenvalue weighted by Crippen LogP contribution is -2.28. The molecule has 1 saturated heterocycles. The van der Waals surface area contributed by atoms with Crippen LogP contribution in [0.2, 0.25) is 0 Å². The Bertz CT molecular complexity index is 651. The highest BCUT2D eigenvalue weighted by atomic mass is 19.1. The van der Waals surface area contributed by atoms with E-state index in [2.05, 4.69) is 11.1 Å². The number of aryl methyl sites for hydroxylation is 1. The predicted octanol–water partition coefficient (Wildman–Crippen LogP) is 3.08. The van der Waals surface area contributed by atoms with Crippen LogP contribution in [0.15, 0.2) is 22.6 Å². The van der Waals surface area contributed by atoms with Gasteiger partial charge in [0.25, 0.3) is 0 Å². The quantitative estimate of drug-likeness (QED) is 0.809. The van der Waals surface area contributed by atoms with Crippen molar-refractivity contribution in [1.82, 2.24) is 9.55 Å². The van der Waals surface area contributed by atoms with E-state index in [0.717, 1.165) is 24.8 Å². The maximum absolute atomic E-state index is 12.3. The summed E-state index contributed by atoms with van der Waals surface area (Å²) in [5, 5.41) is 9.15. The van der Waals surface area contributed by atoms with Gasteiger partial charge in [-0.1, -0.05) is 12.0 Å². The number of rotatable bonds is 5. The van der Waals surface area contributed by atoms with E-state index in [4.69, 9.17) is 14.6 Å². The van der Waals surface area contributed by atoms with Crippen molar-refractivity contribution in [2.75, 3.05) is 20.4 Å². The average molecular weight is 368 g/mol. The van der Waals surface area contributed by atoms with E-state index in [1.807, 2.05) is 6.92 Å². The van der Waals surface area contributed by atoms with Gasteiger partial charge in [-0.15, -0.1) is 0 Å². The van der Waals surface area contributed by atoms with Gasteiger partial charge in [-0.3, -0.25) is 8.96 Å². The highest BCUT2D eigenvalue weighted by Crippen LogP contribution is 2.27. The third kappa shape index (κ3) is 5.38. The molecule has 0 amide bonds. The molecule has 2 fully saturated rings. The zero-order chi connectivity index (χ0) is 18.9. The molecule has 0 spiro atoms. The summed E-state index contributed by atoms with van der Waals surface area (Å²) in [7, 11) is 0.500. The fourth-order valence-corrected chi connectivity index (χ4v) is 3.38. The molecular weight excluding hydrogens is 339 g/mol. The molecule has 2 atom stereocenters. The summed E-state index contributed by atoms with van der Waals surface area (Å²) >= 11 is 0. The van der Waals surface area contributed by atoms with E-state index in [-0.39, 0.29) is 24.6 Å². The van der Waals surface area contributed by atoms with Gasteiger partial charge >= 0.3 is 5.69 Å². The molecule has 146 valence electrons. The van der Waals surface area contributed by atoms with Crippen molar-refractivity contribution in [2.45, 2.75) is 64.2 Å². The second kappa shape index (κ2) is 10.4. The van der Waals surface area contributed by atoms with Crippen molar-refractivity contribution in [1.29, 1.82) is 0 Å². The molecule has 26 heavy (non-hydrogen) atoms. The van der Waals surface area contributed by atoms with Gasteiger partial charge in [0.15, 0.2) is 0 Å². The SMILES string of the molecule is CF.Cc1cn(C2CCC(CO)O2)c(=O)nc1OCC=C1CCCCC1. The van der Waals surface area contributed by atoms with Crippen LogP contribution in [0, 0.1) is 6.92 Å². The van der Waals surface area contributed by atoms with Gasteiger partial charge in [0.05, 0.1) is 19.9 Å². The van der Waals surface area contributed by atoms with Crippen LogP contribution in [0.25, 0.3) is 0 Å². The molecule has 2 aliphatic rings. The van der Waals surface area contributed by atoms with E-state index in [9.17, 15) is 9.18 Å². The molecule has 2 unspecified atom stereocenters. The lowest BCUT2D eigenvalue weighted by molar-refractivity contribution is -0.0247. The zero-order valence-electron chi connectivity index (χ0n) is 15.6. The van der Waals surface area contributed by atoms with Crippen LogP contribution < -0.4 is 10.4 Å². The second-order valence-electron chi connectivity index (χ2n) is 6.63. The first-order valence-corrected chi connectivity index (χ1v) is 9.22. The Labute approximate surface area is 153 Å². The Morgan fingerprint density at radius 1 is 1.35 bits per heavy atom. The van der Waals surface area contributed by atoms with Gasteiger partial charge in [0.2, 0.25) is 5.88 Å². The summed E-state index contributed by atoms with van der Waals surface area (Å²) in [6.45, 7) is 2.32. The molecule has 1 aliphatic heterocycles. The number of alkyl halides is 1. The molecule has 1 aliphatic carbocycles. The van der Waals surface area contributed by atoms with E-state index in [1.165, 1.54) is 29.4 Å².